The zero-order chi connectivity index (χ0) is 11.1. The van der Waals surface area contributed by atoms with Gasteiger partial charge in [0.15, 0.2) is 0 Å². The lowest BCUT2D eigenvalue weighted by molar-refractivity contribution is 0.0116. The van der Waals surface area contributed by atoms with Gasteiger partial charge in [-0.25, -0.2) is 13.6 Å². The monoisotopic (exact) mass is 214 g/mol. The lowest BCUT2D eigenvalue weighted by atomic mass is 10.2. The van der Waals surface area contributed by atoms with Crippen LogP contribution in [0.5, 0.6) is 0 Å². The van der Waals surface area contributed by atoms with Crippen LogP contribution in [0.2, 0.25) is 0 Å². The van der Waals surface area contributed by atoms with E-state index in [1.165, 1.54) is 4.90 Å². The number of urea groups is 1. The normalized spacial score (nSPS) is 28.1. The quantitative estimate of drug-likeness (QED) is 0.633. The molecule has 2 saturated heterocycles. The topological polar surface area (TPSA) is 23.6 Å². The Bertz CT molecular complexity index is 324. The number of hydrogen-bond acceptors (Lipinski definition) is 1. The van der Waals surface area contributed by atoms with E-state index in [0.29, 0.717) is 19.5 Å². The summed E-state index contributed by atoms with van der Waals surface area (Å²) in [4.78, 5) is 14.4. The Morgan fingerprint density at radius 2 is 2.33 bits per heavy atom. The molecule has 2 fully saturated rings. The van der Waals surface area contributed by atoms with Crippen LogP contribution in [-0.4, -0.2) is 47.4 Å². The molecule has 2 aliphatic rings. The number of hydrogen-bond donors (Lipinski definition) is 0. The van der Waals surface area contributed by atoms with Gasteiger partial charge in [0.2, 0.25) is 0 Å². The number of terminal acetylenes is 1. The van der Waals surface area contributed by atoms with E-state index in [0.717, 1.165) is 0 Å². The predicted molar refractivity (Wildman–Crippen MR) is 50.5 cm³/mol. The number of rotatable bonds is 2. The Kier molecular flexibility index (Phi) is 2.29. The zero-order valence-electron chi connectivity index (χ0n) is 8.25. The summed E-state index contributed by atoms with van der Waals surface area (Å²) in [6.45, 7) is 0.410. The van der Waals surface area contributed by atoms with Gasteiger partial charge in [0, 0.05) is 25.9 Å². The van der Waals surface area contributed by atoms with Crippen molar-refractivity contribution in [3.05, 3.63) is 0 Å². The molecule has 2 amide bonds. The molecule has 0 N–H and O–H groups in total. The van der Waals surface area contributed by atoms with Crippen LogP contribution in [0.25, 0.3) is 0 Å². The van der Waals surface area contributed by atoms with Crippen LogP contribution in [0.3, 0.4) is 0 Å². The van der Waals surface area contributed by atoms with Crippen LogP contribution in [-0.2, 0) is 0 Å². The van der Waals surface area contributed by atoms with Crippen molar-refractivity contribution in [3.63, 3.8) is 0 Å². The first-order valence-electron chi connectivity index (χ1n) is 4.90. The minimum atomic E-state index is -2.71. The second kappa shape index (κ2) is 3.37. The van der Waals surface area contributed by atoms with Gasteiger partial charge < -0.3 is 9.80 Å². The first-order valence-corrected chi connectivity index (χ1v) is 4.90. The second-order valence-electron chi connectivity index (χ2n) is 4.02. The van der Waals surface area contributed by atoms with Gasteiger partial charge in [-0.2, -0.15) is 0 Å². The fourth-order valence-corrected chi connectivity index (χ4v) is 2.19. The molecule has 0 radical (unpaired) electrons. The number of halogens is 2. The van der Waals surface area contributed by atoms with E-state index in [1.807, 2.05) is 0 Å². The Balaban J connectivity index is 1.99. The van der Waals surface area contributed by atoms with Crippen molar-refractivity contribution >= 4 is 6.03 Å². The van der Waals surface area contributed by atoms with E-state index in [4.69, 9.17) is 6.42 Å². The van der Waals surface area contributed by atoms with E-state index >= 15 is 0 Å². The molecule has 3 nitrogen and oxygen atoms in total. The summed E-state index contributed by atoms with van der Waals surface area (Å²) in [5.74, 6) is -0.273. The molecule has 15 heavy (non-hydrogen) atoms. The molecule has 0 bridgehead atoms. The Morgan fingerprint density at radius 3 is 2.93 bits per heavy atom. The highest BCUT2D eigenvalue weighted by molar-refractivity contribution is 5.77. The van der Waals surface area contributed by atoms with E-state index in [2.05, 4.69) is 5.92 Å². The molecule has 0 aliphatic carbocycles. The van der Waals surface area contributed by atoms with Crippen molar-refractivity contribution in [1.82, 2.24) is 9.80 Å². The third kappa shape index (κ3) is 1.76. The molecule has 1 atom stereocenters. The van der Waals surface area contributed by atoms with Crippen molar-refractivity contribution in [3.8, 4) is 12.3 Å². The minimum absolute atomic E-state index is 0.217. The number of alkyl halides is 2. The molecule has 0 aromatic rings. The summed E-state index contributed by atoms with van der Waals surface area (Å²) in [6, 6.07) is -0.627. The van der Waals surface area contributed by atoms with Gasteiger partial charge in [-0.3, -0.25) is 0 Å². The highest BCUT2D eigenvalue weighted by atomic mass is 19.3. The smallest absolute Gasteiger partial charge is 0.320 e. The molecule has 5 heteroatoms. The Hall–Kier alpha value is -1.31. The predicted octanol–water partition coefficient (Wildman–Crippen LogP) is 1.15. The number of carbonyl (C=O) groups is 1. The molecule has 0 unspecified atom stereocenters. The first-order chi connectivity index (χ1) is 7.03. The fraction of sp³-hybridized carbons (Fsp3) is 0.700. The lowest BCUT2D eigenvalue weighted by Crippen LogP contribution is -2.35. The summed E-state index contributed by atoms with van der Waals surface area (Å²) in [7, 11) is 0. The average molecular weight is 214 g/mol. The van der Waals surface area contributed by atoms with Gasteiger partial charge in [0.05, 0.1) is 12.6 Å². The van der Waals surface area contributed by atoms with Crippen molar-refractivity contribution in [2.45, 2.75) is 24.8 Å². The van der Waals surface area contributed by atoms with Gasteiger partial charge in [-0.15, -0.1) is 12.3 Å². The fourth-order valence-electron chi connectivity index (χ4n) is 2.19. The van der Waals surface area contributed by atoms with E-state index < -0.39 is 12.5 Å². The Morgan fingerprint density at radius 1 is 1.60 bits per heavy atom. The number of amides is 2. The zero-order valence-corrected chi connectivity index (χ0v) is 8.25. The van der Waals surface area contributed by atoms with Crippen LogP contribution >= 0.6 is 0 Å². The van der Waals surface area contributed by atoms with Crippen molar-refractivity contribution < 1.29 is 13.6 Å². The van der Waals surface area contributed by atoms with E-state index in [9.17, 15) is 13.6 Å². The van der Waals surface area contributed by atoms with Gasteiger partial charge >= 0.3 is 6.03 Å². The summed E-state index contributed by atoms with van der Waals surface area (Å²) >= 11 is 0. The van der Waals surface area contributed by atoms with Gasteiger partial charge in [0.1, 0.15) is 0 Å². The largest absolute Gasteiger partial charge is 0.322 e. The summed E-state index contributed by atoms with van der Waals surface area (Å²) in [6.07, 6.45) is 5.35. The summed E-state index contributed by atoms with van der Waals surface area (Å²) in [5.41, 5.74) is 0. The number of carbonyl (C=O) groups excluding carboxylic acids is 1. The van der Waals surface area contributed by atoms with Crippen LogP contribution in [0.1, 0.15) is 12.8 Å². The molecular formula is C10H12F2N2O. The standard InChI is InChI=1S/C10H12F2N2O/c1-2-3-4-13-6-8-5-10(11,12)7-14(8)9(13)15/h1,8H,3-7H2/t8-/m0/s1. The van der Waals surface area contributed by atoms with Crippen LogP contribution in [0.15, 0.2) is 0 Å². The SMILES string of the molecule is C#CCCN1C[C@@H]2CC(F)(F)CN2C1=O. The molecule has 0 aromatic heterocycles. The second-order valence-corrected chi connectivity index (χ2v) is 4.02. The van der Waals surface area contributed by atoms with Crippen molar-refractivity contribution in [1.29, 1.82) is 0 Å². The molecule has 2 heterocycles. The Labute approximate surface area is 87.0 Å². The van der Waals surface area contributed by atoms with Crippen molar-refractivity contribution in [2.24, 2.45) is 0 Å². The highest BCUT2D eigenvalue weighted by Crippen LogP contribution is 2.36. The number of nitrogens with zero attached hydrogens (tertiary/aromatic N) is 2. The number of fused-ring (bicyclic) bond motifs is 1. The van der Waals surface area contributed by atoms with Crippen LogP contribution in [0.4, 0.5) is 13.6 Å². The van der Waals surface area contributed by atoms with Gasteiger partial charge in [0.25, 0.3) is 5.92 Å². The van der Waals surface area contributed by atoms with Crippen LogP contribution < -0.4 is 0 Å². The average Bonchev–Trinajstić information content (AvgIpc) is 2.58. The summed E-state index contributed by atoms with van der Waals surface area (Å²) in [5, 5.41) is 0. The molecule has 2 aliphatic heterocycles. The van der Waals surface area contributed by atoms with Gasteiger partial charge in [-0.1, -0.05) is 0 Å². The molecular weight excluding hydrogens is 202 g/mol. The molecule has 82 valence electrons. The third-order valence-corrected chi connectivity index (χ3v) is 2.85. The van der Waals surface area contributed by atoms with E-state index in [-0.39, 0.29) is 18.5 Å². The van der Waals surface area contributed by atoms with Gasteiger partial charge in [-0.05, 0) is 0 Å². The molecule has 0 aromatic carbocycles. The third-order valence-electron chi connectivity index (χ3n) is 2.85. The maximum Gasteiger partial charge on any atom is 0.320 e. The maximum absolute atomic E-state index is 13.0. The molecule has 2 rings (SSSR count). The maximum atomic E-state index is 13.0. The highest BCUT2D eigenvalue weighted by Gasteiger charge is 2.52. The first kappa shape index (κ1) is 10.2. The van der Waals surface area contributed by atoms with Crippen molar-refractivity contribution in [2.75, 3.05) is 19.6 Å². The molecule has 0 spiro atoms. The van der Waals surface area contributed by atoms with E-state index in [1.54, 1.807) is 4.90 Å². The molecule has 0 saturated carbocycles. The lowest BCUT2D eigenvalue weighted by Gasteiger charge is -2.17. The summed E-state index contributed by atoms with van der Waals surface area (Å²) < 4.78 is 25.9. The minimum Gasteiger partial charge on any atom is -0.322 e. The van der Waals surface area contributed by atoms with Crippen LogP contribution in [0, 0.1) is 12.3 Å².